The molecule has 1 N–H and O–H groups in total. The highest BCUT2D eigenvalue weighted by molar-refractivity contribution is 9.10. The molecule has 4 heteroatoms. The Morgan fingerprint density at radius 3 is 2.77 bits per heavy atom. The van der Waals surface area contributed by atoms with Crippen molar-refractivity contribution in [2.75, 3.05) is 5.32 Å². The summed E-state index contributed by atoms with van der Waals surface area (Å²) in [6.45, 7) is 4.75. The van der Waals surface area contributed by atoms with E-state index in [-0.39, 0.29) is 5.63 Å². The van der Waals surface area contributed by atoms with Gasteiger partial charge in [0.25, 0.3) is 0 Å². The molecule has 0 bridgehead atoms. The molecule has 0 aliphatic heterocycles. The Morgan fingerprint density at radius 2 is 1.95 bits per heavy atom. The van der Waals surface area contributed by atoms with Gasteiger partial charge in [-0.1, -0.05) is 28.1 Å². The molecule has 22 heavy (non-hydrogen) atoms. The number of fused-ring (bicyclic) bond motifs is 1. The average molecular weight is 358 g/mol. The first-order valence-corrected chi connectivity index (χ1v) is 7.86. The van der Waals surface area contributed by atoms with Crippen LogP contribution in [0.25, 0.3) is 11.0 Å². The monoisotopic (exact) mass is 357 g/mol. The quantitative estimate of drug-likeness (QED) is 0.685. The van der Waals surface area contributed by atoms with E-state index < -0.39 is 0 Å². The van der Waals surface area contributed by atoms with Gasteiger partial charge in [-0.15, -0.1) is 0 Å². The molecule has 0 spiro atoms. The van der Waals surface area contributed by atoms with E-state index in [0.29, 0.717) is 12.1 Å². The van der Waals surface area contributed by atoms with Crippen molar-refractivity contribution >= 4 is 32.6 Å². The van der Waals surface area contributed by atoms with Gasteiger partial charge in [0, 0.05) is 28.2 Å². The molecule has 3 rings (SSSR count). The first-order valence-electron chi connectivity index (χ1n) is 7.07. The van der Waals surface area contributed by atoms with Crippen molar-refractivity contribution in [3.8, 4) is 0 Å². The van der Waals surface area contributed by atoms with Crippen LogP contribution in [0.15, 0.2) is 56.1 Å². The van der Waals surface area contributed by atoms with E-state index in [4.69, 9.17) is 4.42 Å². The van der Waals surface area contributed by atoms with Gasteiger partial charge in [0.05, 0.1) is 0 Å². The van der Waals surface area contributed by atoms with Crippen LogP contribution in [0.2, 0.25) is 0 Å². The van der Waals surface area contributed by atoms with Crippen molar-refractivity contribution in [3.05, 3.63) is 74.0 Å². The second-order valence-corrected chi connectivity index (χ2v) is 6.25. The van der Waals surface area contributed by atoms with E-state index in [1.165, 1.54) is 11.1 Å². The molecule has 0 radical (unpaired) electrons. The Balaban J connectivity index is 1.97. The maximum absolute atomic E-state index is 11.7. The average Bonchev–Trinajstić information content (AvgIpc) is 2.48. The minimum absolute atomic E-state index is 0.330. The molecule has 1 heterocycles. The molecule has 0 fully saturated rings. The van der Waals surface area contributed by atoms with Crippen LogP contribution in [-0.4, -0.2) is 0 Å². The maximum atomic E-state index is 11.7. The molecule has 0 saturated heterocycles. The molecule has 0 unspecified atom stereocenters. The van der Waals surface area contributed by atoms with Gasteiger partial charge >= 0.3 is 5.63 Å². The van der Waals surface area contributed by atoms with Crippen molar-refractivity contribution in [2.24, 2.45) is 0 Å². The van der Waals surface area contributed by atoms with Gasteiger partial charge in [-0.3, -0.25) is 0 Å². The van der Waals surface area contributed by atoms with Crippen LogP contribution in [0.3, 0.4) is 0 Å². The summed E-state index contributed by atoms with van der Waals surface area (Å²) in [7, 11) is 0. The van der Waals surface area contributed by atoms with Crippen LogP contribution < -0.4 is 10.9 Å². The molecule has 1 aromatic heterocycles. The summed E-state index contributed by atoms with van der Waals surface area (Å²) < 4.78 is 6.16. The molecule has 2 aromatic carbocycles. The molecule has 112 valence electrons. The second-order valence-electron chi connectivity index (χ2n) is 5.33. The highest BCUT2D eigenvalue weighted by atomic mass is 79.9. The number of halogens is 1. The third-order valence-corrected chi connectivity index (χ3v) is 4.36. The number of aryl methyl sites for hydroxylation is 1. The lowest BCUT2D eigenvalue weighted by Gasteiger charge is -2.12. The maximum Gasteiger partial charge on any atom is 0.336 e. The Bertz CT molecular complexity index is 899. The van der Waals surface area contributed by atoms with Crippen LogP contribution in [0, 0.1) is 13.8 Å². The van der Waals surface area contributed by atoms with Gasteiger partial charge in [0.1, 0.15) is 5.58 Å². The highest BCUT2D eigenvalue weighted by Crippen LogP contribution is 2.23. The minimum Gasteiger partial charge on any atom is -0.423 e. The van der Waals surface area contributed by atoms with E-state index in [0.717, 1.165) is 21.1 Å². The zero-order valence-electron chi connectivity index (χ0n) is 12.4. The third-order valence-electron chi connectivity index (χ3n) is 3.87. The number of anilines is 1. The molecule has 0 saturated carbocycles. The molecular weight excluding hydrogens is 342 g/mol. The van der Waals surface area contributed by atoms with E-state index >= 15 is 0 Å². The SMILES string of the molecule is Cc1cccc(NCc2cc(=O)oc3cc(Br)ccc23)c1C. The fourth-order valence-corrected chi connectivity index (χ4v) is 2.82. The topological polar surface area (TPSA) is 42.2 Å². The van der Waals surface area contributed by atoms with Crippen LogP contribution in [0.1, 0.15) is 16.7 Å². The molecule has 0 aliphatic rings. The van der Waals surface area contributed by atoms with E-state index in [2.05, 4.69) is 41.2 Å². The van der Waals surface area contributed by atoms with Crippen molar-refractivity contribution in [3.63, 3.8) is 0 Å². The van der Waals surface area contributed by atoms with Crippen molar-refractivity contribution in [1.29, 1.82) is 0 Å². The summed E-state index contributed by atoms with van der Waals surface area (Å²) >= 11 is 3.40. The van der Waals surface area contributed by atoms with E-state index in [9.17, 15) is 4.79 Å². The predicted molar refractivity (Wildman–Crippen MR) is 93.4 cm³/mol. The Kier molecular flexibility index (Phi) is 4.03. The largest absolute Gasteiger partial charge is 0.423 e. The second kappa shape index (κ2) is 5.97. The molecule has 0 atom stereocenters. The molecule has 0 aliphatic carbocycles. The number of benzene rings is 2. The number of rotatable bonds is 3. The lowest BCUT2D eigenvalue weighted by Crippen LogP contribution is -2.06. The first-order chi connectivity index (χ1) is 10.5. The van der Waals surface area contributed by atoms with Gasteiger partial charge < -0.3 is 9.73 Å². The van der Waals surface area contributed by atoms with Crippen LogP contribution in [-0.2, 0) is 6.54 Å². The molecular formula is C18H16BrNO2. The van der Waals surface area contributed by atoms with E-state index in [1.807, 2.05) is 30.3 Å². The van der Waals surface area contributed by atoms with Crippen molar-refractivity contribution < 1.29 is 4.42 Å². The van der Waals surface area contributed by atoms with Gasteiger partial charge in [0.2, 0.25) is 0 Å². The summed E-state index contributed by atoms with van der Waals surface area (Å²) in [5.41, 5.74) is 4.74. The number of hydrogen-bond acceptors (Lipinski definition) is 3. The first kappa shape index (κ1) is 14.9. The fourth-order valence-electron chi connectivity index (χ4n) is 2.48. The van der Waals surface area contributed by atoms with Gasteiger partial charge in [0.15, 0.2) is 0 Å². The molecule has 3 aromatic rings. The third kappa shape index (κ3) is 2.92. The summed E-state index contributed by atoms with van der Waals surface area (Å²) in [5.74, 6) is 0. The van der Waals surface area contributed by atoms with Crippen molar-refractivity contribution in [2.45, 2.75) is 20.4 Å². The zero-order valence-corrected chi connectivity index (χ0v) is 14.0. The zero-order chi connectivity index (χ0) is 15.7. The number of hydrogen-bond donors (Lipinski definition) is 1. The van der Waals surface area contributed by atoms with Crippen LogP contribution >= 0.6 is 15.9 Å². The van der Waals surface area contributed by atoms with Gasteiger partial charge in [-0.2, -0.15) is 0 Å². The summed E-state index contributed by atoms with van der Waals surface area (Å²) in [5, 5.41) is 4.36. The molecule has 0 amide bonds. The van der Waals surface area contributed by atoms with Gasteiger partial charge in [-0.25, -0.2) is 4.79 Å². The van der Waals surface area contributed by atoms with Gasteiger partial charge in [-0.05, 0) is 54.8 Å². The standard InChI is InChI=1S/C18H16BrNO2/c1-11-4-3-5-16(12(11)2)20-10-13-8-18(21)22-17-9-14(19)6-7-15(13)17/h3-9,20H,10H2,1-2H3. The Labute approximate surface area is 137 Å². The molecule has 3 nitrogen and oxygen atoms in total. The van der Waals surface area contributed by atoms with Crippen LogP contribution in [0.4, 0.5) is 5.69 Å². The minimum atomic E-state index is -0.330. The summed E-state index contributed by atoms with van der Waals surface area (Å²) in [6, 6.07) is 13.4. The van der Waals surface area contributed by atoms with E-state index in [1.54, 1.807) is 6.07 Å². The number of nitrogens with one attached hydrogen (secondary N) is 1. The predicted octanol–water partition coefficient (Wildman–Crippen LogP) is 4.78. The highest BCUT2D eigenvalue weighted by Gasteiger charge is 2.07. The summed E-state index contributed by atoms with van der Waals surface area (Å²) in [6.07, 6.45) is 0. The normalized spacial score (nSPS) is 10.9. The Hall–Kier alpha value is -2.07. The lowest BCUT2D eigenvalue weighted by atomic mass is 10.1. The van der Waals surface area contributed by atoms with Crippen LogP contribution in [0.5, 0.6) is 0 Å². The lowest BCUT2D eigenvalue weighted by molar-refractivity contribution is 0.559. The fraction of sp³-hybridized carbons (Fsp3) is 0.167. The Morgan fingerprint density at radius 1 is 1.14 bits per heavy atom. The summed E-state index contributed by atoms with van der Waals surface area (Å²) in [4.78, 5) is 11.7. The van der Waals surface area contributed by atoms with Crippen molar-refractivity contribution in [1.82, 2.24) is 0 Å². The smallest absolute Gasteiger partial charge is 0.336 e.